The van der Waals surface area contributed by atoms with E-state index in [1.54, 1.807) is 18.3 Å². The first-order valence-electron chi connectivity index (χ1n) is 9.39. The van der Waals surface area contributed by atoms with Crippen molar-refractivity contribution in [2.45, 2.75) is 26.2 Å². The molecule has 0 aliphatic carbocycles. The molecule has 0 fully saturated rings. The summed E-state index contributed by atoms with van der Waals surface area (Å²) in [6, 6.07) is 10.8. The lowest BCUT2D eigenvalue weighted by Gasteiger charge is -2.12. The molecular weight excluding hydrogens is 427 g/mol. The summed E-state index contributed by atoms with van der Waals surface area (Å²) in [6.45, 7) is 2.07. The van der Waals surface area contributed by atoms with Gasteiger partial charge < -0.3 is 19.4 Å². The number of H-pyrrole nitrogens is 1. The van der Waals surface area contributed by atoms with Crippen molar-refractivity contribution in [1.29, 1.82) is 0 Å². The summed E-state index contributed by atoms with van der Waals surface area (Å²) in [6.07, 6.45) is 2.75. The van der Waals surface area contributed by atoms with Gasteiger partial charge in [-0.3, -0.25) is 4.79 Å². The van der Waals surface area contributed by atoms with Crippen molar-refractivity contribution < 1.29 is 19.2 Å². The van der Waals surface area contributed by atoms with Gasteiger partial charge in [0.1, 0.15) is 5.75 Å². The van der Waals surface area contributed by atoms with Gasteiger partial charge in [-0.15, -0.1) is 0 Å². The smallest absolute Gasteiger partial charge is 0.303 e. The van der Waals surface area contributed by atoms with Crippen LogP contribution in [-0.2, 0) is 17.6 Å². The molecule has 154 valence electrons. The van der Waals surface area contributed by atoms with Gasteiger partial charge in [0, 0.05) is 23.4 Å². The van der Waals surface area contributed by atoms with E-state index in [1.165, 1.54) is 0 Å². The van der Waals surface area contributed by atoms with Gasteiger partial charge in [-0.2, -0.15) is 0 Å². The summed E-state index contributed by atoms with van der Waals surface area (Å²) in [5, 5.41) is 14.3. The first-order chi connectivity index (χ1) is 14.5. The number of aromatic nitrogens is 2. The van der Waals surface area contributed by atoms with Crippen LogP contribution in [0.5, 0.6) is 11.5 Å². The molecule has 4 rings (SSSR count). The van der Waals surface area contributed by atoms with E-state index in [9.17, 15) is 4.79 Å². The number of carboxylic acids is 1. The Morgan fingerprint density at radius 1 is 1.20 bits per heavy atom. The van der Waals surface area contributed by atoms with E-state index >= 15 is 0 Å². The van der Waals surface area contributed by atoms with E-state index in [4.69, 9.17) is 37.6 Å². The van der Waals surface area contributed by atoms with Gasteiger partial charge in [0.2, 0.25) is 0 Å². The van der Waals surface area contributed by atoms with Crippen LogP contribution in [0.25, 0.3) is 22.4 Å². The number of aromatic amines is 1. The van der Waals surface area contributed by atoms with E-state index in [1.807, 2.05) is 24.3 Å². The average molecular weight is 445 g/mol. The molecule has 2 N–H and O–H groups in total. The number of rotatable bonds is 7. The topological polar surface area (TPSA) is 88.4 Å². The van der Waals surface area contributed by atoms with E-state index in [-0.39, 0.29) is 6.42 Å². The van der Waals surface area contributed by atoms with Gasteiger partial charge in [-0.1, -0.05) is 35.3 Å². The van der Waals surface area contributed by atoms with Gasteiger partial charge in [0.25, 0.3) is 0 Å². The minimum absolute atomic E-state index is 0.00430. The quantitative estimate of drug-likeness (QED) is 0.339. The predicted octanol–water partition coefficient (Wildman–Crippen LogP) is 6.50. The van der Waals surface area contributed by atoms with Gasteiger partial charge in [0.05, 0.1) is 21.9 Å². The maximum Gasteiger partial charge on any atom is 0.303 e. The van der Waals surface area contributed by atoms with Gasteiger partial charge in [-0.05, 0) is 54.3 Å². The summed E-state index contributed by atoms with van der Waals surface area (Å²) < 4.78 is 11.3. The van der Waals surface area contributed by atoms with Crippen LogP contribution < -0.4 is 4.74 Å². The molecule has 0 spiro atoms. The van der Waals surface area contributed by atoms with Gasteiger partial charge in [0.15, 0.2) is 11.5 Å². The van der Waals surface area contributed by atoms with E-state index in [0.717, 1.165) is 34.1 Å². The molecule has 30 heavy (non-hydrogen) atoms. The fraction of sp³-hybridized carbons (Fsp3) is 0.182. The molecule has 0 aliphatic rings. The van der Waals surface area contributed by atoms with E-state index in [0.29, 0.717) is 33.7 Å². The zero-order valence-electron chi connectivity index (χ0n) is 16.0. The largest absolute Gasteiger partial charge is 0.481 e. The highest BCUT2D eigenvalue weighted by Gasteiger charge is 2.17. The summed E-state index contributed by atoms with van der Waals surface area (Å²) >= 11 is 12.7. The first kappa shape index (κ1) is 20.3. The molecule has 0 unspecified atom stereocenters. The van der Waals surface area contributed by atoms with Crippen LogP contribution in [0.1, 0.15) is 24.5 Å². The minimum atomic E-state index is -0.876. The van der Waals surface area contributed by atoms with Crippen molar-refractivity contribution in [2.24, 2.45) is 0 Å². The second kappa shape index (κ2) is 8.42. The second-order valence-electron chi connectivity index (χ2n) is 6.80. The molecule has 2 aromatic heterocycles. The molecule has 4 aromatic rings. The number of hydrogen-bond donors (Lipinski definition) is 2. The van der Waals surface area contributed by atoms with Crippen LogP contribution in [-0.4, -0.2) is 21.2 Å². The Balaban J connectivity index is 1.67. The molecule has 0 radical (unpaired) electrons. The number of nitrogens with one attached hydrogen (secondary N) is 1. The molecule has 0 bridgehead atoms. The molecule has 8 heteroatoms. The Labute approximate surface area is 182 Å². The van der Waals surface area contributed by atoms with Crippen LogP contribution >= 0.6 is 23.2 Å². The number of halogens is 2. The maximum absolute atomic E-state index is 10.8. The number of nitrogens with zero attached hydrogens (tertiary/aromatic N) is 1. The third-order valence-electron chi connectivity index (χ3n) is 4.82. The van der Waals surface area contributed by atoms with Crippen LogP contribution in [0.3, 0.4) is 0 Å². The number of aryl methyl sites for hydroxylation is 2. The van der Waals surface area contributed by atoms with Crippen molar-refractivity contribution in [1.82, 2.24) is 10.1 Å². The van der Waals surface area contributed by atoms with Crippen LogP contribution in [0.15, 0.2) is 47.1 Å². The second-order valence-corrected chi connectivity index (χ2v) is 7.61. The molecule has 0 atom stereocenters. The zero-order chi connectivity index (χ0) is 21.3. The Morgan fingerprint density at radius 2 is 1.97 bits per heavy atom. The molecule has 0 saturated carbocycles. The highest BCUT2D eigenvalue weighted by molar-refractivity contribution is 6.37. The monoisotopic (exact) mass is 444 g/mol. The average Bonchev–Trinajstić information content (AvgIpc) is 3.36. The summed E-state index contributed by atoms with van der Waals surface area (Å²) in [5.41, 5.74) is 3.67. The first-order valence-corrected chi connectivity index (χ1v) is 10.1. The SMILES string of the molecule is CCc1c(-c2ccno2)[nH]c2ccc(Oc3c(Cl)cc(CCC(=O)O)cc3Cl)cc12. The van der Waals surface area contributed by atoms with Crippen LogP contribution in [0, 0.1) is 0 Å². The lowest BCUT2D eigenvalue weighted by Crippen LogP contribution is -1.98. The molecular formula is C22H18Cl2N2O4. The van der Waals surface area contributed by atoms with Crippen molar-refractivity contribution in [3.8, 4) is 23.0 Å². The molecule has 2 heterocycles. The minimum Gasteiger partial charge on any atom is -0.481 e. The van der Waals surface area contributed by atoms with Crippen LogP contribution in [0.2, 0.25) is 10.0 Å². The Kier molecular flexibility index (Phi) is 5.70. The Hall–Kier alpha value is -2.96. The highest BCUT2D eigenvalue weighted by Crippen LogP contribution is 2.39. The number of ether oxygens (including phenoxy) is 1. The number of carbonyl (C=O) groups is 1. The van der Waals surface area contributed by atoms with Gasteiger partial charge >= 0.3 is 5.97 Å². The van der Waals surface area contributed by atoms with Crippen molar-refractivity contribution >= 4 is 40.1 Å². The molecule has 2 aromatic carbocycles. The maximum atomic E-state index is 10.8. The lowest BCUT2D eigenvalue weighted by atomic mass is 10.1. The highest BCUT2D eigenvalue weighted by atomic mass is 35.5. The number of aliphatic carboxylic acids is 1. The number of benzene rings is 2. The zero-order valence-corrected chi connectivity index (χ0v) is 17.5. The normalized spacial score (nSPS) is 11.2. The fourth-order valence-electron chi connectivity index (χ4n) is 3.44. The Bertz CT molecular complexity index is 1190. The van der Waals surface area contributed by atoms with E-state index in [2.05, 4.69) is 17.1 Å². The summed E-state index contributed by atoms with van der Waals surface area (Å²) in [5.74, 6) is 0.718. The third kappa shape index (κ3) is 4.01. The molecule has 0 aliphatic heterocycles. The van der Waals surface area contributed by atoms with Crippen molar-refractivity contribution in [3.05, 3.63) is 63.8 Å². The fourth-order valence-corrected chi connectivity index (χ4v) is 4.05. The molecule has 0 amide bonds. The number of carboxylic acid groups (broad SMARTS) is 1. The number of fused-ring (bicyclic) bond motifs is 1. The third-order valence-corrected chi connectivity index (χ3v) is 5.38. The Morgan fingerprint density at radius 3 is 2.60 bits per heavy atom. The molecule has 6 nitrogen and oxygen atoms in total. The standard InChI is InChI=1S/C22H18Cl2N2O4/c1-2-14-15-11-13(4-5-18(15)26-21(14)19-7-8-25-30-19)29-22-16(23)9-12(10-17(22)24)3-6-20(27)28/h4-5,7-11,26H,2-3,6H2,1H3,(H,27,28). The summed E-state index contributed by atoms with van der Waals surface area (Å²) in [4.78, 5) is 14.2. The number of hydrogen-bond acceptors (Lipinski definition) is 4. The van der Waals surface area contributed by atoms with Crippen molar-refractivity contribution in [3.63, 3.8) is 0 Å². The van der Waals surface area contributed by atoms with E-state index < -0.39 is 5.97 Å². The summed E-state index contributed by atoms with van der Waals surface area (Å²) in [7, 11) is 0. The van der Waals surface area contributed by atoms with Crippen molar-refractivity contribution in [2.75, 3.05) is 0 Å². The van der Waals surface area contributed by atoms with Crippen LogP contribution in [0.4, 0.5) is 0 Å². The predicted molar refractivity (Wildman–Crippen MR) is 116 cm³/mol. The van der Waals surface area contributed by atoms with Gasteiger partial charge in [-0.25, -0.2) is 0 Å². The lowest BCUT2D eigenvalue weighted by molar-refractivity contribution is -0.136. The molecule has 0 saturated heterocycles.